The number of aryl methyl sites for hydroxylation is 1. The molecule has 1 fully saturated rings. The van der Waals surface area contributed by atoms with E-state index in [1.165, 1.54) is 15.6 Å². The molecule has 6 nitrogen and oxygen atoms in total. The van der Waals surface area contributed by atoms with Crippen LogP contribution in [-0.2, 0) is 22.6 Å². The van der Waals surface area contributed by atoms with Crippen molar-refractivity contribution in [1.29, 1.82) is 0 Å². The van der Waals surface area contributed by atoms with Crippen molar-refractivity contribution in [3.05, 3.63) is 28.8 Å². The topological polar surface area (TPSA) is 76.3 Å². The number of alkyl halides is 3. The minimum absolute atomic E-state index is 0.0290. The van der Waals surface area contributed by atoms with Crippen molar-refractivity contribution < 1.29 is 26.0 Å². The minimum Gasteiger partial charge on any atom is -0.417 e. The average Bonchev–Trinajstić information content (AvgIpc) is 3.24. The van der Waals surface area contributed by atoms with Crippen LogP contribution in [0.4, 0.5) is 13.2 Å². The molecule has 0 bridgehead atoms. The van der Waals surface area contributed by atoms with E-state index < -0.39 is 28.0 Å². The zero-order valence-electron chi connectivity index (χ0n) is 13.3. The number of nitrogens with zero attached hydrogens (tertiary/aromatic N) is 3. The number of hydrogen-bond donors (Lipinski definition) is 0. The van der Waals surface area contributed by atoms with Crippen LogP contribution < -0.4 is 0 Å². The first-order chi connectivity index (χ1) is 11.7. The van der Waals surface area contributed by atoms with Gasteiger partial charge in [0.25, 0.3) is 10.0 Å². The highest BCUT2D eigenvalue weighted by atomic mass is 32.2. The molecule has 2 aromatic rings. The van der Waals surface area contributed by atoms with Crippen molar-refractivity contribution in [1.82, 2.24) is 14.5 Å². The highest BCUT2D eigenvalue weighted by Gasteiger charge is 2.40. The van der Waals surface area contributed by atoms with Crippen LogP contribution in [-0.4, -0.2) is 36.0 Å². The van der Waals surface area contributed by atoms with Crippen LogP contribution in [0, 0.1) is 0 Å². The van der Waals surface area contributed by atoms with Gasteiger partial charge in [0.15, 0.2) is 0 Å². The van der Waals surface area contributed by atoms with Crippen LogP contribution in [0.1, 0.15) is 42.3 Å². The van der Waals surface area contributed by atoms with E-state index in [1.807, 2.05) is 6.92 Å². The van der Waals surface area contributed by atoms with Crippen molar-refractivity contribution in [2.24, 2.45) is 0 Å². The summed E-state index contributed by atoms with van der Waals surface area (Å²) in [6, 6.07) is 3.34. The summed E-state index contributed by atoms with van der Waals surface area (Å²) in [5, 5.41) is 6.47. The average molecular weight is 395 g/mol. The molecule has 138 valence electrons. The molecule has 0 N–H and O–H groups in total. The first kappa shape index (κ1) is 18.3. The third kappa shape index (κ3) is 3.72. The first-order valence-electron chi connectivity index (χ1n) is 7.71. The Morgan fingerprint density at radius 2 is 2.12 bits per heavy atom. The summed E-state index contributed by atoms with van der Waals surface area (Å²) in [6.45, 7) is 2.28. The number of aromatic nitrogens is 2. The molecule has 0 aliphatic carbocycles. The number of rotatable bonds is 4. The molecular formula is C14H16F3N3O3S2. The van der Waals surface area contributed by atoms with Gasteiger partial charge in [-0.15, -0.1) is 21.5 Å². The highest BCUT2D eigenvalue weighted by molar-refractivity contribution is 7.91. The van der Waals surface area contributed by atoms with Gasteiger partial charge in [0.2, 0.25) is 5.89 Å². The monoisotopic (exact) mass is 395 g/mol. The van der Waals surface area contributed by atoms with Crippen molar-refractivity contribution >= 4 is 21.4 Å². The molecule has 0 radical (unpaired) electrons. The largest absolute Gasteiger partial charge is 0.470 e. The molecule has 0 amide bonds. The number of halogens is 3. The van der Waals surface area contributed by atoms with Crippen LogP contribution in [0.25, 0.3) is 0 Å². The molecule has 1 saturated heterocycles. The van der Waals surface area contributed by atoms with Gasteiger partial charge in [0.05, 0.1) is 5.92 Å². The lowest BCUT2D eigenvalue weighted by atomic mass is 10.00. The summed E-state index contributed by atoms with van der Waals surface area (Å²) in [6.07, 6.45) is -2.96. The highest BCUT2D eigenvalue weighted by Crippen LogP contribution is 2.34. The lowest BCUT2D eigenvalue weighted by Crippen LogP contribution is -2.38. The molecule has 2 aromatic heterocycles. The van der Waals surface area contributed by atoms with E-state index in [-0.39, 0.29) is 16.6 Å². The Morgan fingerprint density at radius 1 is 1.36 bits per heavy atom. The fraction of sp³-hybridized carbons (Fsp3) is 0.571. The van der Waals surface area contributed by atoms with Crippen LogP contribution in [0.3, 0.4) is 0 Å². The standard InChI is InChI=1S/C14H16F3N3O3S2/c1-2-10-5-6-11(24-10)25(21,22)20-7-3-4-9(8-20)12-18-19-13(23-12)14(15,16)17/h5-6,9H,2-4,7-8H2,1H3/t9-/m1/s1. The second-order valence-corrected chi connectivity index (χ2v) is 9.05. The maximum absolute atomic E-state index is 12.7. The van der Waals surface area contributed by atoms with Crippen molar-refractivity contribution in [3.8, 4) is 0 Å². The van der Waals surface area contributed by atoms with Crippen LogP contribution in [0.5, 0.6) is 0 Å². The molecule has 25 heavy (non-hydrogen) atoms. The molecule has 0 saturated carbocycles. The molecule has 1 aliphatic heterocycles. The number of piperidine rings is 1. The lowest BCUT2D eigenvalue weighted by Gasteiger charge is -2.29. The summed E-state index contributed by atoms with van der Waals surface area (Å²) in [5.41, 5.74) is 0. The van der Waals surface area contributed by atoms with Gasteiger partial charge in [-0.25, -0.2) is 8.42 Å². The number of thiophene rings is 1. The zero-order valence-corrected chi connectivity index (χ0v) is 14.9. The van der Waals surface area contributed by atoms with E-state index in [4.69, 9.17) is 4.42 Å². The van der Waals surface area contributed by atoms with E-state index in [9.17, 15) is 21.6 Å². The predicted octanol–water partition coefficient (Wildman–Crippen LogP) is 3.28. The van der Waals surface area contributed by atoms with Crippen LogP contribution in [0.15, 0.2) is 20.8 Å². The van der Waals surface area contributed by atoms with Gasteiger partial charge >= 0.3 is 12.1 Å². The smallest absolute Gasteiger partial charge is 0.417 e. The van der Waals surface area contributed by atoms with Gasteiger partial charge in [-0.3, -0.25) is 0 Å². The summed E-state index contributed by atoms with van der Waals surface area (Å²) in [4.78, 5) is 0.957. The maximum Gasteiger partial charge on any atom is 0.470 e. The van der Waals surface area contributed by atoms with Gasteiger partial charge in [-0.2, -0.15) is 17.5 Å². The Hall–Kier alpha value is -1.46. The van der Waals surface area contributed by atoms with Gasteiger partial charge in [-0.05, 0) is 31.4 Å². The Morgan fingerprint density at radius 3 is 2.72 bits per heavy atom. The molecular weight excluding hydrogens is 379 g/mol. The number of hydrogen-bond acceptors (Lipinski definition) is 6. The fourth-order valence-electron chi connectivity index (χ4n) is 2.69. The first-order valence-corrected chi connectivity index (χ1v) is 9.97. The third-order valence-electron chi connectivity index (χ3n) is 4.00. The molecule has 0 unspecified atom stereocenters. The quantitative estimate of drug-likeness (QED) is 0.794. The summed E-state index contributed by atoms with van der Waals surface area (Å²) in [7, 11) is -3.67. The van der Waals surface area contributed by atoms with Gasteiger partial charge in [0, 0.05) is 18.0 Å². The molecule has 11 heteroatoms. The van der Waals surface area contributed by atoms with Gasteiger partial charge < -0.3 is 4.42 Å². The maximum atomic E-state index is 12.7. The van der Waals surface area contributed by atoms with E-state index in [1.54, 1.807) is 12.1 Å². The molecule has 0 spiro atoms. The van der Waals surface area contributed by atoms with Crippen LogP contribution >= 0.6 is 11.3 Å². The van der Waals surface area contributed by atoms with Crippen molar-refractivity contribution in [3.63, 3.8) is 0 Å². The minimum atomic E-state index is -4.71. The predicted molar refractivity (Wildman–Crippen MR) is 83.7 cm³/mol. The Labute approximate surface area is 146 Å². The van der Waals surface area contributed by atoms with E-state index >= 15 is 0 Å². The van der Waals surface area contributed by atoms with E-state index in [2.05, 4.69) is 10.2 Å². The van der Waals surface area contributed by atoms with Crippen molar-refractivity contribution in [2.75, 3.05) is 13.1 Å². The van der Waals surface area contributed by atoms with E-state index in [0.29, 0.717) is 19.4 Å². The van der Waals surface area contributed by atoms with Gasteiger partial charge in [0.1, 0.15) is 4.21 Å². The Kier molecular flexibility index (Phi) is 4.91. The normalized spacial score (nSPS) is 20.1. The fourth-order valence-corrected chi connectivity index (χ4v) is 5.66. The summed E-state index contributed by atoms with van der Waals surface area (Å²) in [5.74, 6) is -2.13. The molecule has 1 atom stereocenters. The molecule has 1 aliphatic rings. The van der Waals surface area contributed by atoms with Crippen LogP contribution in [0.2, 0.25) is 0 Å². The van der Waals surface area contributed by atoms with Gasteiger partial charge in [-0.1, -0.05) is 6.92 Å². The zero-order chi connectivity index (χ0) is 18.2. The molecule has 3 rings (SSSR count). The Balaban J connectivity index is 1.80. The summed E-state index contributed by atoms with van der Waals surface area (Å²) >= 11 is 1.21. The third-order valence-corrected chi connectivity index (χ3v) is 7.56. The lowest BCUT2D eigenvalue weighted by molar-refractivity contribution is -0.157. The molecule has 0 aromatic carbocycles. The second kappa shape index (κ2) is 6.69. The second-order valence-electron chi connectivity index (χ2n) is 5.72. The summed E-state index contributed by atoms with van der Waals surface area (Å²) < 4.78 is 69.5. The number of sulfonamides is 1. The molecule has 3 heterocycles. The SMILES string of the molecule is CCc1ccc(S(=O)(=O)N2CCC[C@@H](c3nnc(C(F)(F)F)o3)C2)s1. The van der Waals surface area contributed by atoms with E-state index in [0.717, 1.165) is 11.3 Å². The van der Waals surface area contributed by atoms with Crippen molar-refractivity contribution in [2.45, 2.75) is 42.5 Å². The Bertz CT molecular complexity index is 845.